The van der Waals surface area contributed by atoms with Crippen LogP contribution in [0.1, 0.15) is 16.0 Å². The first-order valence-electron chi connectivity index (χ1n) is 6.98. The van der Waals surface area contributed by atoms with Gasteiger partial charge in [0.1, 0.15) is 5.58 Å². The molecule has 3 nitrogen and oxygen atoms in total. The van der Waals surface area contributed by atoms with Crippen LogP contribution < -0.4 is 0 Å². The lowest BCUT2D eigenvalue weighted by atomic mass is 10.1. The van der Waals surface area contributed by atoms with Gasteiger partial charge in [0.05, 0.1) is 23.6 Å². The number of nitrogens with zero attached hydrogens (tertiary/aromatic N) is 1. The zero-order valence-electron chi connectivity index (χ0n) is 12.4. The molecule has 3 rings (SSSR count). The van der Waals surface area contributed by atoms with Crippen LogP contribution in [0.25, 0.3) is 11.0 Å². The highest BCUT2D eigenvalue weighted by molar-refractivity contribution is 7.16. The fourth-order valence-corrected chi connectivity index (χ4v) is 3.52. The summed E-state index contributed by atoms with van der Waals surface area (Å²) in [4.78, 5) is 15.2. The fourth-order valence-electron chi connectivity index (χ4n) is 2.38. The van der Waals surface area contributed by atoms with Gasteiger partial charge in [0.2, 0.25) is 5.91 Å². The summed E-state index contributed by atoms with van der Waals surface area (Å²) in [5.41, 5.74) is 2.90. The monoisotopic (exact) mass is 333 g/mol. The van der Waals surface area contributed by atoms with Crippen molar-refractivity contribution in [3.05, 3.63) is 56.9 Å². The van der Waals surface area contributed by atoms with Crippen LogP contribution in [-0.2, 0) is 17.8 Å². The number of carbonyl (C=O) groups excluding carboxylic acids is 1. The molecule has 3 aromatic rings. The van der Waals surface area contributed by atoms with Crippen molar-refractivity contribution >= 4 is 39.8 Å². The number of rotatable bonds is 4. The first-order chi connectivity index (χ1) is 10.5. The van der Waals surface area contributed by atoms with E-state index in [4.69, 9.17) is 16.0 Å². The van der Waals surface area contributed by atoms with Crippen LogP contribution in [0.5, 0.6) is 0 Å². The van der Waals surface area contributed by atoms with Crippen molar-refractivity contribution in [3.8, 4) is 0 Å². The molecule has 1 aromatic carbocycles. The smallest absolute Gasteiger partial charge is 0.227 e. The molecule has 5 heteroatoms. The standard InChI is InChI=1S/C17H16ClNO2S/c1-11-3-5-14-12(10-21-15(14)7-11)8-17(20)19(2)9-13-4-6-16(18)22-13/h3-7,10H,8-9H2,1-2H3. The van der Waals surface area contributed by atoms with Gasteiger partial charge >= 0.3 is 0 Å². The van der Waals surface area contributed by atoms with Crippen LogP contribution in [0.15, 0.2) is 41.0 Å². The summed E-state index contributed by atoms with van der Waals surface area (Å²) < 4.78 is 6.29. The summed E-state index contributed by atoms with van der Waals surface area (Å²) >= 11 is 7.42. The number of carbonyl (C=O) groups is 1. The van der Waals surface area contributed by atoms with E-state index in [1.165, 1.54) is 11.3 Å². The number of fused-ring (bicyclic) bond motifs is 1. The predicted octanol–water partition coefficient (Wildman–Crippen LogP) is 4.66. The molecule has 0 radical (unpaired) electrons. The van der Waals surface area contributed by atoms with Gasteiger partial charge in [-0.2, -0.15) is 0 Å². The number of aryl methyl sites for hydroxylation is 1. The molecule has 0 atom stereocenters. The number of furan rings is 1. The van der Waals surface area contributed by atoms with Crippen LogP contribution in [-0.4, -0.2) is 17.9 Å². The van der Waals surface area contributed by atoms with E-state index < -0.39 is 0 Å². The molecule has 0 unspecified atom stereocenters. The quantitative estimate of drug-likeness (QED) is 0.696. The number of hydrogen-bond acceptors (Lipinski definition) is 3. The number of halogens is 1. The van der Waals surface area contributed by atoms with Gasteiger partial charge in [0, 0.05) is 22.9 Å². The van der Waals surface area contributed by atoms with Crippen molar-refractivity contribution in [3.63, 3.8) is 0 Å². The van der Waals surface area contributed by atoms with E-state index in [0.29, 0.717) is 13.0 Å². The van der Waals surface area contributed by atoms with E-state index in [-0.39, 0.29) is 5.91 Å². The van der Waals surface area contributed by atoms with E-state index >= 15 is 0 Å². The van der Waals surface area contributed by atoms with Crippen LogP contribution in [0, 0.1) is 6.92 Å². The molecular formula is C17H16ClNO2S. The van der Waals surface area contributed by atoms with E-state index in [0.717, 1.165) is 31.3 Å². The minimum Gasteiger partial charge on any atom is -0.464 e. The van der Waals surface area contributed by atoms with Crippen molar-refractivity contribution in [1.82, 2.24) is 4.90 Å². The Labute approximate surface area is 138 Å². The maximum Gasteiger partial charge on any atom is 0.227 e. The molecular weight excluding hydrogens is 318 g/mol. The highest BCUT2D eigenvalue weighted by Crippen LogP contribution is 2.24. The van der Waals surface area contributed by atoms with Gasteiger partial charge in [-0.1, -0.05) is 23.7 Å². The molecule has 0 aliphatic carbocycles. The van der Waals surface area contributed by atoms with Gasteiger partial charge < -0.3 is 9.32 Å². The molecule has 0 N–H and O–H groups in total. The third-order valence-corrected chi connectivity index (χ3v) is 4.82. The summed E-state index contributed by atoms with van der Waals surface area (Å²) in [6.45, 7) is 2.60. The average Bonchev–Trinajstić information content (AvgIpc) is 3.05. The van der Waals surface area contributed by atoms with Gasteiger partial charge in [-0.15, -0.1) is 11.3 Å². The molecule has 0 aliphatic heterocycles. The molecule has 0 fully saturated rings. The third kappa shape index (κ3) is 3.18. The zero-order valence-corrected chi connectivity index (χ0v) is 14.0. The van der Waals surface area contributed by atoms with E-state index in [1.54, 1.807) is 11.2 Å². The number of likely N-dealkylation sites (N-methyl/N-ethyl adjacent to an activating group) is 1. The minimum absolute atomic E-state index is 0.0628. The maximum absolute atomic E-state index is 12.4. The molecule has 0 saturated heterocycles. The summed E-state index contributed by atoms with van der Waals surface area (Å²) in [6.07, 6.45) is 2.02. The summed E-state index contributed by atoms with van der Waals surface area (Å²) in [5, 5.41) is 1.01. The lowest BCUT2D eigenvalue weighted by Gasteiger charge is -2.15. The molecule has 0 saturated carbocycles. The Morgan fingerprint density at radius 3 is 2.86 bits per heavy atom. The van der Waals surface area contributed by atoms with Gasteiger partial charge in [-0.25, -0.2) is 0 Å². The average molecular weight is 334 g/mol. The Bertz CT molecular complexity index is 821. The minimum atomic E-state index is 0.0628. The van der Waals surface area contributed by atoms with Crippen molar-refractivity contribution in [2.75, 3.05) is 7.05 Å². The summed E-state index contributed by atoms with van der Waals surface area (Å²) in [6, 6.07) is 9.83. The number of amides is 1. The second kappa shape index (κ2) is 6.15. The normalized spacial score (nSPS) is 11.0. The van der Waals surface area contributed by atoms with Gasteiger partial charge in [0.25, 0.3) is 0 Å². The topological polar surface area (TPSA) is 33.5 Å². The number of hydrogen-bond donors (Lipinski definition) is 0. The van der Waals surface area contributed by atoms with Crippen LogP contribution in [0.3, 0.4) is 0 Å². The Hall–Kier alpha value is -1.78. The second-order valence-electron chi connectivity index (χ2n) is 5.39. The van der Waals surface area contributed by atoms with Gasteiger partial charge in [-0.3, -0.25) is 4.79 Å². The van der Waals surface area contributed by atoms with Gasteiger partial charge in [0.15, 0.2) is 0 Å². The lowest BCUT2D eigenvalue weighted by molar-refractivity contribution is -0.129. The molecule has 2 aromatic heterocycles. The van der Waals surface area contributed by atoms with E-state index in [1.807, 2.05) is 44.3 Å². The van der Waals surface area contributed by atoms with Crippen LogP contribution >= 0.6 is 22.9 Å². The van der Waals surface area contributed by atoms with E-state index in [2.05, 4.69) is 0 Å². The van der Waals surface area contributed by atoms with Crippen LogP contribution in [0.4, 0.5) is 0 Å². The largest absolute Gasteiger partial charge is 0.464 e. The lowest BCUT2D eigenvalue weighted by Crippen LogP contribution is -2.27. The van der Waals surface area contributed by atoms with Crippen molar-refractivity contribution in [1.29, 1.82) is 0 Å². The Balaban J connectivity index is 1.72. The van der Waals surface area contributed by atoms with Crippen molar-refractivity contribution in [2.45, 2.75) is 19.9 Å². The Morgan fingerprint density at radius 2 is 2.14 bits per heavy atom. The molecule has 0 spiro atoms. The summed E-state index contributed by atoms with van der Waals surface area (Å²) in [7, 11) is 1.81. The number of benzene rings is 1. The maximum atomic E-state index is 12.4. The Kier molecular flexibility index (Phi) is 4.23. The highest BCUT2D eigenvalue weighted by Gasteiger charge is 2.15. The second-order valence-corrected chi connectivity index (χ2v) is 7.19. The zero-order chi connectivity index (χ0) is 15.7. The third-order valence-electron chi connectivity index (χ3n) is 3.60. The summed E-state index contributed by atoms with van der Waals surface area (Å²) in [5.74, 6) is 0.0628. The first-order valence-corrected chi connectivity index (χ1v) is 8.17. The number of thiophene rings is 1. The molecule has 1 amide bonds. The molecule has 114 valence electrons. The highest BCUT2D eigenvalue weighted by atomic mass is 35.5. The molecule has 2 heterocycles. The van der Waals surface area contributed by atoms with Gasteiger partial charge in [-0.05, 0) is 30.7 Å². The molecule has 0 bridgehead atoms. The Morgan fingerprint density at radius 1 is 1.32 bits per heavy atom. The SMILES string of the molecule is Cc1ccc2c(CC(=O)N(C)Cc3ccc(Cl)s3)coc2c1. The molecule has 22 heavy (non-hydrogen) atoms. The first kappa shape index (κ1) is 15.1. The van der Waals surface area contributed by atoms with Crippen molar-refractivity contribution in [2.24, 2.45) is 0 Å². The van der Waals surface area contributed by atoms with Crippen molar-refractivity contribution < 1.29 is 9.21 Å². The van der Waals surface area contributed by atoms with E-state index in [9.17, 15) is 4.79 Å². The predicted molar refractivity (Wildman–Crippen MR) is 90.5 cm³/mol. The molecule has 0 aliphatic rings. The van der Waals surface area contributed by atoms with Crippen LogP contribution in [0.2, 0.25) is 4.34 Å². The fraction of sp³-hybridized carbons (Fsp3) is 0.235.